The molecule has 0 saturated heterocycles. The summed E-state index contributed by atoms with van der Waals surface area (Å²) in [4.78, 5) is 0.0415. The summed E-state index contributed by atoms with van der Waals surface area (Å²) in [5, 5.41) is 9.99. The summed E-state index contributed by atoms with van der Waals surface area (Å²) < 4.78 is 35.9. The van der Waals surface area contributed by atoms with E-state index in [1.54, 1.807) is 12.1 Å². The monoisotopic (exact) mass is 483 g/mol. The minimum absolute atomic E-state index is 0.0415. The van der Waals surface area contributed by atoms with Crippen molar-refractivity contribution in [3.63, 3.8) is 0 Å². The molecule has 0 amide bonds. The predicted molar refractivity (Wildman–Crippen MR) is 136 cm³/mol. The van der Waals surface area contributed by atoms with Crippen LogP contribution >= 0.6 is 0 Å². The highest BCUT2D eigenvalue weighted by molar-refractivity contribution is 7.96. The normalized spacial score (nSPS) is 18.4. The Morgan fingerprint density at radius 3 is 2.40 bits per heavy atom. The molecule has 3 aromatic rings. The number of ether oxygens (including phenoxy) is 1. The van der Waals surface area contributed by atoms with Crippen LogP contribution < -0.4 is 10.0 Å². The highest BCUT2D eigenvalue weighted by Gasteiger charge is 2.47. The SMILES string of the molecule is CCc1ccc([C@@H]2C(C#N)=C(N)OC3=C2S(=O)(=O)N(Cc2ccccc2C)c2ccccc23)cc1. The van der Waals surface area contributed by atoms with Crippen LogP contribution in [-0.4, -0.2) is 8.42 Å². The first-order valence-electron chi connectivity index (χ1n) is 11.4. The molecule has 0 unspecified atom stereocenters. The maximum atomic E-state index is 14.3. The van der Waals surface area contributed by atoms with Crippen molar-refractivity contribution >= 4 is 21.5 Å². The van der Waals surface area contributed by atoms with Gasteiger partial charge in [0.1, 0.15) is 16.5 Å². The van der Waals surface area contributed by atoms with Crippen molar-refractivity contribution in [1.29, 1.82) is 5.26 Å². The summed E-state index contributed by atoms with van der Waals surface area (Å²) in [5.41, 5.74) is 11.1. The maximum absolute atomic E-state index is 14.3. The zero-order chi connectivity index (χ0) is 24.7. The van der Waals surface area contributed by atoms with Gasteiger partial charge in [-0.25, -0.2) is 8.42 Å². The molecule has 2 aliphatic rings. The molecular formula is C28H25N3O3S. The Labute approximate surface area is 205 Å². The van der Waals surface area contributed by atoms with Gasteiger partial charge in [0, 0.05) is 5.56 Å². The van der Waals surface area contributed by atoms with E-state index in [1.165, 1.54) is 4.31 Å². The molecule has 3 aromatic carbocycles. The average molecular weight is 484 g/mol. The van der Waals surface area contributed by atoms with Gasteiger partial charge in [-0.3, -0.25) is 4.31 Å². The second kappa shape index (κ2) is 8.64. The number of rotatable bonds is 4. The Hall–Kier alpha value is -4.02. The molecule has 2 heterocycles. The second-order valence-electron chi connectivity index (χ2n) is 8.67. The molecule has 1 atom stereocenters. The number of nitrogens with zero attached hydrogens (tertiary/aromatic N) is 2. The fourth-order valence-corrected chi connectivity index (χ4v) is 6.60. The first kappa shape index (κ1) is 22.8. The lowest BCUT2D eigenvalue weighted by atomic mass is 9.87. The van der Waals surface area contributed by atoms with Gasteiger partial charge in [-0.2, -0.15) is 5.26 Å². The lowest BCUT2D eigenvalue weighted by Crippen LogP contribution is -2.39. The molecule has 0 aromatic heterocycles. The Morgan fingerprint density at radius 1 is 1.03 bits per heavy atom. The van der Waals surface area contributed by atoms with E-state index < -0.39 is 15.9 Å². The average Bonchev–Trinajstić information content (AvgIpc) is 2.87. The van der Waals surface area contributed by atoms with Gasteiger partial charge in [0.2, 0.25) is 5.88 Å². The number of para-hydroxylation sites is 1. The van der Waals surface area contributed by atoms with Gasteiger partial charge in [0.25, 0.3) is 10.0 Å². The van der Waals surface area contributed by atoms with Crippen LogP contribution in [0.3, 0.4) is 0 Å². The molecule has 0 radical (unpaired) electrons. The molecule has 0 spiro atoms. The van der Waals surface area contributed by atoms with Crippen molar-refractivity contribution in [3.05, 3.63) is 117 Å². The van der Waals surface area contributed by atoms with Crippen molar-refractivity contribution < 1.29 is 13.2 Å². The molecule has 0 aliphatic carbocycles. The molecule has 0 saturated carbocycles. The van der Waals surface area contributed by atoms with Crippen molar-refractivity contribution in [2.45, 2.75) is 32.7 Å². The number of fused-ring (bicyclic) bond motifs is 2. The second-order valence-corrected chi connectivity index (χ2v) is 10.5. The van der Waals surface area contributed by atoms with Crippen LogP contribution in [0.15, 0.2) is 89.2 Å². The number of nitriles is 1. The third-order valence-corrected chi connectivity index (χ3v) is 8.54. The number of sulfonamides is 1. The van der Waals surface area contributed by atoms with Crippen molar-refractivity contribution in [2.24, 2.45) is 5.73 Å². The molecule has 6 nitrogen and oxygen atoms in total. The lowest BCUT2D eigenvalue weighted by molar-refractivity contribution is 0.357. The van der Waals surface area contributed by atoms with E-state index in [0.717, 1.165) is 23.1 Å². The summed E-state index contributed by atoms with van der Waals surface area (Å²) in [6, 6.07) is 24.7. The van der Waals surface area contributed by atoms with E-state index >= 15 is 0 Å². The highest BCUT2D eigenvalue weighted by atomic mass is 32.2. The Morgan fingerprint density at radius 2 is 1.71 bits per heavy atom. The van der Waals surface area contributed by atoms with Crippen LogP contribution in [0.2, 0.25) is 0 Å². The van der Waals surface area contributed by atoms with E-state index in [2.05, 4.69) is 13.0 Å². The lowest BCUT2D eigenvalue weighted by Gasteiger charge is -2.38. The maximum Gasteiger partial charge on any atom is 0.265 e. The van der Waals surface area contributed by atoms with E-state index in [9.17, 15) is 13.7 Å². The number of anilines is 1. The van der Waals surface area contributed by atoms with Gasteiger partial charge in [-0.1, -0.05) is 67.6 Å². The third kappa shape index (κ3) is 3.67. The van der Waals surface area contributed by atoms with Gasteiger partial charge < -0.3 is 10.5 Å². The number of allylic oxidation sites excluding steroid dienone is 2. The molecular weight excluding hydrogens is 458 g/mol. The summed E-state index contributed by atoms with van der Waals surface area (Å²) >= 11 is 0. The van der Waals surface area contributed by atoms with Gasteiger partial charge in [0.15, 0.2) is 5.76 Å². The molecule has 2 aliphatic heterocycles. The highest BCUT2D eigenvalue weighted by Crippen LogP contribution is 2.51. The van der Waals surface area contributed by atoms with Gasteiger partial charge in [-0.15, -0.1) is 0 Å². The molecule has 176 valence electrons. The Balaban J connectivity index is 1.75. The van der Waals surface area contributed by atoms with E-state index in [1.807, 2.05) is 67.6 Å². The quantitative estimate of drug-likeness (QED) is 0.558. The first-order valence-corrected chi connectivity index (χ1v) is 12.9. The van der Waals surface area contributed by atoms with Gasteiger partial charge in [-0.05, 0) is 47.7 Å². The molecule has 35 heavy (non-hydrogen) atoms. The van der Waals surface area contributed by atoms with Crippen molar-refractivity contribution in [1.82, 2.24) is 0 Å². The molecule has 7 heteroatoms. The zero-order valence-corrected chi connectivity index (χ0v) is 20.3. The standard InChI is InChI=1S/C28H25N3O3S/c1-3-19-12-14-20(15-13-19)25-23(16-29)28(30)34-26-22-10-6-7-11-24(22)31(35(32,33)27(25)26)17-21-9-5-4-8-18(21)2/h4-15,25H,3,17,30H2,1-2H3/t25-/m1/s1. The molecule has 5 rings (SSSR count). The number of hydrogen-bond acceptors (Lipinski definition) is 5. The van der Waals surface area contributed by atoms with E-state index in [4.69, 9.17) is 10.5 Å². The summed E-state index contributed by atoms with van der Waals surface area (Å²) in [6.07, 6.45) is 0.848. The van der Waals surface area contributed by atoms with Crippen LogP contribution in [-0.2, 0) is 27.7 Å². The topological polar surface area (TPSA) is 96.4 Å². The summed E-state index contributed by atoms with van der Waals surface area (Å²) in [5.74, 6) is -0.761. The van der Waals surface area contributed by atoms with E-state index in [0.29, 0.717) is 16.8 Å². The first-order chi connectivity index (χ1) is 16.9. The number of hydrogen-bond donors (Lipinski definition) is 1. The minimum Gasteiger partial charge on any atom is -0.439 e. The Bertz CT molecular complexity index is 1530. The fraction of sp³-hybridized carbons (Fsp3) is 0.179. The third-order valence-electron chi connectivity index (χ3n) is 6.65. The predicted octanol–water partition coefficient (Wildman–Crippen LogP) is 5.08. The van der Waals surface area contributed by atoms with Crippen LogP contribution in [0.4, 0.5) is 5.69 Å². The zero-order valence-electron chi connectivity index (χ0n) is 19.5. The number of benzene rings is 3. The summed E-state index contributed by atoms with van der Waals surface area (Å²) in [6.45, 7) is 4.17. The van der Waals surface area contributed by atoms with Gasteiger partial charge in [0.05, 0.1) is 18.2 Å². The number of nitrogens with two attached hydrogens (primary N) is 1. The van der Waals surface area contributed by atoms with Crippen molar-refractivity contribution in [3.8, 4) is 6.07 Å². The van der Waals surface area contributed by atoms with Crippen LogP contribution in [0.1, 0.15) is 40.7 Å². The molecule has 2 N–H and O–H groups in total. The van der Waals surface area contributed by atoms with Gasteiger partial charge >= 0.3 is 0 Å². The van der Waals surface area contributed by atoms with Crippen LogP contribution in [0.25, 0.3) is 5.76 Å². The smallest absolute Gasteiger partial charge is 0.265 e. The Kier molecular flexibility index (Phi) is 5.62. The van der Waals surface area contributed by atoms with Crippen LogP contribution in [0, 0.1) is 18.3 Å². The molecule has 0 fully saturated rings. The number of aryl methyl sites for hydroxylation is 2. The summed E-state index contributed by atoms with van der Waals surface area (Å²) in [7, 11) is -4.09. The molecule has 0 bridgehead atoms. The van der Waals surface area contributed by atoms with Crippen molar-refractivity contribution in [2.75, 3.05) is 4.31 Å². The van der Waals surface area contributed by atoms with Crippen LogP contribution in [0.5, 0.6) is 0 Å². The van der Waals surface area contributed by atoms with E-state index in [-0.39, 0.29) is 28.7 Å². The fourth-order valence-electron chi connectivity index (χ4n) is 4.70. The largest absolute Gasteiger partial charge is 0.439 e. The minimum atomic E-state index is -4.09.